The van der Waals surface area contributed by atoms with Crippen LogP contribution in [0.4, 0.5) is 0 Å². The van der Waals surface area contributed by atoms with Crippen molar-refractivity contribution in [2.45, 2.75) is 26.8 Å². The summed E-state index contributed by atoms with van der Waals surface area (Å²) < 4.78 is 7.20. The Morgan fingerprint density at radius 3 is 2.72 bits per heavy atom. The van der Waals surface area contributed by atoms with Crippen LogP contribution in [0.1, 0.15) is 28.4 Å². The lowest BCUT2D eigenvalue weighted by atomic mass is 10.1. The normalized spacial score (nSPS) is 15.6. The number of H-pyrrole nitrogens is 1. The molecule has 2 N–H and O–H groups in total. The van der Waals surface area contributed by atoms with Gasteiger partial charge >= 0.3 is 0 Å². The highest BCUT2D eigenvalue weighted by Gasteiger charge is 2.18. The van der Waals surface area contributed by atoms with E-state index in [1.165, 1.54) is 4.57 Å². The highest BCUT2D eigenvalue weighted by atomic mass is 32.1. The van der Waals surface area contributed by atoms with Crippen LogP contribution in [0, 0.1) is 18.6 Å². The number of fused-ring (bicyclic) bond motifs is 1. The minimum atomic E-state index is -0.203. The van der Waals surface area contributed by atoms with Crippen molar-refractivity contribution >= 4 is 29.0 Å². The van der Waals surface area contributed by atoms with Gasteiger partial charge in [0.2, 0.25) is 0 Å². The van der Waals surface area contributed by atoms with E-state index in [0.717, 1.165) is 43.1 Å². The molecular formula is C24H28N4O3S. The summed E-state index contributed by atoms with van der Waals surface area (Å²) in [7, 11) is 0. The van der Waals surface area contributed by atoms with Gasteiger partial charge in [-0.25, -0.2) is 0 Å². The largest absolute Gasteiger partial charge is 0.379 e. The van der Waals surface area contributed by atoms with E-state index in [0.29, 0.717) is 27.8 Å². The van der Waals surface area contributed by atoms with Crippen LogP contribution in [-0.4, -0.2) is 59.2 Å². The third kappa shape index (κ3) is 4.39. The molecule has 1 unspecified atom stereocenters. The molecule has 1 aliphatic rings. The molecule has 0 aliphatic carbocycles. The van der Waals surface area contributed by atoms with E-state index in [1.807, 2.05) is 32.0 Å². The fraction of sp³-hybridized carbons (Fsp3) is 0.375. The molecule has 0 bridgehead atoms. The first-order valence-corrected chi connectivity index (χ1v) is 11.2. The topological polar surface area (TPSA) is 79.4 Å². The fourth-order valence-corrected chi connectivity index (χ4v) is 4.34. The molecule has 1 aromatic heterocycles. The molecule has 1 aliphatic heterocycles. The van der Waals surface area contributed by atoms with Gasteiger partial charge in [-0.2, -0.15) is 0 Å². The molecular weight excluding hydrogens is 424 g/mol. The molecule has 2 heterocycles. The Bertz CT molecular complexity index is 1270. The van der Waals surface area contributed by atoms with E-state index in [1.54, 1.807) is 18.2 Å². The fourth-order valence-electron chi connectivity index (χ4n) is 4.05. The summed E-state index contributed by atoms with van der Waals surface area (Å²) in [5.41, 5.74) is 3.68. The van der Waals surface area contributed by atoms with Gasteiger partial charge in [-0.15, -0.1) is 0 Å². The number of hydrogen-bond acceptors (Lipinski definition) is 5. The lowest BCUT2D eigenvalue weighted by Crippen LogP contribution is -2.47. The maximum absolute atomic E-state index is 13.2. The molecule has 3 aromatic rings. The van der Waals surface area contributed by atoms with Gasteiger partial charge in [-0.1, -0.05) is 12.1 Å². The Balaban J connectivity index is 1.59. The summed E-state index contributed by atoms with van der Waals surface area (Å²) in [6.07, 6.45) is 0. The Hall–Kier alpha value is -2.81. The number of carbonyl (C=O) groups is 1. The van der Waals surface area contributed by atoms with Crippen molar-refractivity contribution in [1.82, 2.24) is 19.8 Å². The number of morpholine rings is 1. The first-order chi connectivity index (χ1) is 15.4. The molecule has 1 amide bonds. The highest BCUT2D eigenvalue weighted by molar-refractivity contribution is 7.71. The molecule has 0 saturated carbocycles. The Kier molecular flexibility index (Phi) is 6.55. The number of amides is 1. The number of nitrogens with zero attached hydrogens (tertiary/aromatic N) is 2. The van der Waals surface area contributed by atoms with E-state index in [4.69, 9.17) is 17.0 Å². The summed E-state index contributed by atoms with van der Waals surface area (Å²) in [5, 5.41) is 3.48. The second-order valence-corrected chi connectivity index (χ2v) is 8.64. The number of benzene rings is 2. The van der Waals surface area contributed by atoms with Crippen LogP contribution in [0.2, 0.25) is 0 Å². The molecule has 2 aromatic carbocycles. The minimum Gasteiger partial charge on any atom is -0.379 e. The zero-order chi connectivity index (χ0) is 22.8. The van der Waals surface area contributed by atoms with E-state index in [9.17, 15) is 9.59 Å². The molecule has 7 nitrogen and oxygen atoms in total. The number of ether oxygens (including phenoxy) is 1. The SMILES string of the molecule is Cc1cccc(-n2c(=S)[nH]c3cc(C(=O)NCC(C)N4CCOCC4)ccc3c2=O)c1C. The number of aromatic amines is 1. The molecule has 8 heteroatoms. The maximum Gasteiger partial charge on any atom is 0.266 e. The lowest BCUT2D eigenvalue weighted by Gasteiger charge is -2.32. The number of carbonyl (C=O) groups excluding carboxylic acids is 1. The van der Waals surface area contributed by atoms with Crippen molar-refractivity contribution in [3.8, 4) is 5.69 Å². The summed E-state index contributed by atoms with van der Waals surface area (Å²) >= 11 is 5.51. The van der Waals surface area contributed by atoms with Crippen molar-refractivity contribution < 1.29 is 9.53 Å². The van der Waals surface area contributed by atoms with Crippen molar-refractivity contribution in [1.29, 1.82) is 0 Å². The predicted octanol–water partition coefficient (Wildman–Crippen LogP) is 3.12. The molecule has 32 heavy (non-hydrogen) atoms. The van der Waals surface area contributed by atoms with Gasteiger partial charge in [0, 0.05) is 31.2 Å². The Morgan fingerprint density at radius 1 is 1.22 bits per heavy atom. The first-order valence-electron chi connectivity index (χ1n) is 10.8. The summed E-state index contributed by atoms with van der Waals surface area (Å²) in [6.45, 7) is 9.81. The van der Waals surface area contributed by atoms with Crippen molar-refractivity contribution in [2.24, 2.45) is 0 Å². The second-order valence-electron chi connectivity index (χ2n) is 8.26. The quantitative estimate of drug-likeness (QED) is 0.582. The third-order valence-corrected chi connectivity index (χ3v) is 6.49. The van der Waals surface area contributed by atoms with E-state index >= 15 is 0 Å². The standard InChI is InChI=1S/C24H28N4O3S/c1-15-5-4-6-21(17(15)3)28-23(30)19-8-7-18(13-20(19)26-24(28)32)22(29)25-14-16(2)27-9-11-31-12-10-27/h4-8,13,16H,9-12,14H2,1-3H3,(H,25,29)(H,26,32). The predicted molar refractivity (Wildman–Crippen MR) is 128 cm³/mol. The van der Waals surface area contributed by atoms with Gasteiger partial charge in [-0.05, 0) is 68.4 Å². The number of nitrogens with one attached hydrogen (secondary N) is 2. The summed E-state index contributed by atoms with van der Waals surface area (Å²) in [5.74, 6) is -0.176. The highest BCUT2D eigenvalue weighted by Crippen LogP contribution is 2.18. The molecule has 168 valence electrons. The molecule has 1 atom stereocenters. The molecule has 4 rings (SSSR count). The number of hydrogen-bond donors (Lipinski definition) is 2. The average Bonchev–Trinajstić information content (AvgIpc) is 2.80. The van der Waals surface area contributed by atoms with Gasteiger partial charge < -0.3 is 15.0 Å². The van der Waals surface area contributed by atoms with Gasteiger partial charge in [0.15, 0.2) is 4.77 Å². The number of aromatic nitrogens is 2. The lowest BCUT2D eigenvalue weighted by molar-refractivity contribution is 0.0204. The van der Waals surface area contributed by atoms with Crippen LogP contribution in [0.25, 0.3) is 16.6 Å². The monoisotopic (exact) mass is 452 g/mol. The van der Waals surface area contributed by atoms with Crippen LogP contribution in [0.15, 0.2) is 41.2 Å². The summed E-state index contributed by atoms with van der Waals surface area (Å²) in [6, 6.07) is 11.1. The van der Waals surface area contributed by atoms with E-state index in [-0.39, 0.29) is 17.5 Å². The van der Waals surface area contributed by atoms with E-state index < -0.39 is 0 Å². The third-order valence-electron chi connectivity index (χ3n) is 6.20. The van der Waals surface area contributed by atoms with Gasteiger partial charge in [-0.3, -0.25) is 19.1 Å². The molecule has 1 saturated heterocycles. The van der Waals surface area contributed by atoms with Gasteiger partial charge in [0.25, 0.3) is 11.5 Å². The van der Waals surface area contributed by atoms with Crippen molar-refractivity contribution in [3.05, 3.63) is 68.2 Å². The molecule has 1 fully saturated rings. The van der Waals surface area contributed by atoms with Gasteiger partial charge in [0.05, 0.1) is 29.8 Å². The van der Waals surface area contributed by atoms with Crippen LogP contribution in [0.3, 0.4) is 0 Å². The first kappa shape index (κ1) is 22.4. The zero-order valence-electron chi connectivity index (χ0n) is 18.6. The van der Waals surface area contributed by atoms with Crippen LogP contribution in [0.5, 0.6) is 0 Å². The van der Waals surface area contributed by atoms with Gasteiger partial charge in [0.1, 0.15) is 0 Å². The smallest absolute Gasteiger partial charge is 0.266 e. The van der Waals surface area contributed by atoms with Crippen LogP contribution < -0.4 is 10.9 Å². The van der Waals surface area contributed by atoms with Crippen LogP contribution in [-0.2, 0) is 4.74 Å². The Labute approximate surface area is 192 Å². The van der Waals surface area contributed by atoms with Crippen molar-refractivity contribution in [2.75, 3.05) is 32.8 Å². The number of aryl methyl sites for hydroxylation is 1. The van der Waals surface area contributed by atoms with Crippen LogP contribution >= 0.6 is 12.2 Å². The molecule has 0 spiro atoms. The summed E-state index contributed by atoms with van der Waals surface area (Å²) in [4.78, 5) is 31.4. The number of rotatable bonds is 5. The molecule has 0 radical (unpaired) electrons. The second kappa shape index (κ2) is 9.36. The van der Waals surface area contributed by atoms with Crippen molar-refractivity contribution in [3.63, 3.8) is 0 Å². The average molecular weight is 453 g/mol. The minimum absolute atomic E-state index is 0.176. The Morgan fingerprint density at radius 2 is 1.97 bits per heavy atom. The van der Waals surface area contributed by atoms with E-state index in [2.05, 4.69) is 22.1 Å². The zero-order valence-corrected chi connectivity index (χ0v) is 19.4. The maximum atomic E-state index is 13.2.